The van der Waals surface area contributed by atoms with E-state index in [0.29, 0.717) is 12.6 Å². The van der Waals surface area contributed by atoms with E-state index in [-0.39, 0.29) is 0 Å². The van der Waals surface area contributed by atoms with Crippen molar-refractivity contribution in [1.82, 2.24) is 4.90 Å². The molecular weight excluding hydrogens is 160 g/mol. The molecule has 0 bridgehead atoms. The number of nitrogens with two attached hydrogens (primary N) is 1. The minimum Gasteiger partial charge on any atom is -0.329 e. The van der Waals surface area contributed by atoms with E-state index in [1.54, 1.807) is 0 Å². The van der Waals surface area contributed by atoms with E-state index in [9.17, 15) is 0 Å². The summed E-state index contributed by atoms with van der Waals surface area (Å²) in [6.45, 7) is 3.82. The van der Waals surface area contributed by atoms with Gasteiger partial charge in [0, 0.05) is 19.1 Å². The average molecular weight is 178 g/mol. The van der Waals surface area contributed by atoms with Crippen molar-refractivity contribution in [3.05, 3.63) is 35.9 Å². The lowest BCUT2D eigenvalue weighted by atomic mass is 10.2. The van der Waals surface area contributed by atoms with Gasteiger partial charge in [0.05, 0.1) is 0 Å². The summed E-state index contributed by atoms with van der Waals surface area (Å²) in [6, 6.07) is 10.9. The Balaban J connectivity index is 2.50. The molecule has 2 heteroatoms. The second-order valence-corrected chi connectivity index (χ2v) is 3.49. The van der Waals surface area contributed by atoms with E-state index in [1.165, 1.54) is 5.56 Å². The van der Waals surface area contributed by atoms with E-state index in [2.05, 4.69) is 43.1 Å². The van der Waals surface area contributed by atoms with Crippen LogP contribution in [0.1, 0.15) is 12.5 Å². The first-order chi connectivity index (χ1) is 6.24. The van der Waals surface area contributed by atoms with Crippen LogP contribution in [0.25, 0.3) is 0 Å². The van der Waals surface area contributed by atoms with Crippen LogP contribution in [0, 0.1) is 0 Å². The lowest BCUT2D eigenvalue weighted by Gasteiger charge is -2.23. The van der Waals surface area contributed by atoms with Crippen molar-refractivity contribution in [3.8, 4) is 0 Å². The van der Waals surface area contributed by atoms with Crippen LogP contribution < -0.4 is 5.73 Å². The largest absolute Gasteiger partial charge is 0.329 e. The van der Waals surface area contributed by atoms with Crippen molar-refractivity contribution in [3.63, 3.8) is 0 Å². The topological polar surface area (TPSA) is 29.3 Å². The van der Waals surface area contributed by atoms with Crippen LogP contribution in [0.5, 0.6) is 0 Å². The maximum absolute atomic E-state index is 5.58. The molecule has 1 rings (SSSR count). The van der Waals surface area contributed by atoms with Gasteiger partial charge in [-0.05, 0) is 19.5 Å². The predicted molar refractivity (Wildman–Crippen MR) is 56.4 cm³/mol. The van der Waals surface area contributed by atoms with Gasteiger partial charge in [-0.2, -0.15) is 0 Å². The highest BCUT2D eigenvalue weighted by molar-refractivity contribution is 5.14. The molecule has 0 spiro atoms. The van der Waals surface area contributed by atoms with Crippen LogP contribution in [0.2, 0.25) is 0 Å². The number of hydrogen-bond donors (Lipinski definition) is 1. The third-order valence-electron chi connectivity index (χ3n) is 2.37. The Morgan fingerprint density at radius 3 is 2.46 bits per heavy atom. The van der Waals surface area contributed by atoms with Crippen molar-refractivity contribution in [2.45, 2.75) is 19.5 Å². The molecule has 2 nitrogen and oxygen atoms in total. The smallest absolute Gasteiger partial charge is 0.0234 e. The van der Waals surface area contributed by atoms with Crippen molar-refractivity contribution in [2.24, 2.45) is 5.73 Å². The highest BCUT2D eigenvalue weighted by Gasteiger charge is 2.06. The highest BCUT2D eigenvalue weighted by atomic mass is 15.1. The molecule has 0 aliphatic rings. The Morgan fingerprint density at radius 1 is 1.31 bits per heavy atom. The van der Waals surface area contributed by atoms with Crippen LogP contribution in [-0.4, -0.2) is 24.5 Å². The summed E-state index contributed by atoms with van der Waals surface area (Å²) in [7, 11) is 2.10. The minimum absolute atomic E-state index is 0.445. The molecule has 1 aromatic rings. The van der Waals surface area contributed by atoms with Gasteiger partial charge in [0.15, 0.2) is 0 Å². The summed E-state index contributed by atoms with van der Waals surface area (Å²) < 4.78 is 0. The highest BCUT2D eigenvalue weighted by Crippen LogP contribution is 2.04. The fourth-order valence-electron chi connectivity index (χ4n) is 1.21. The molecule has 0 aromatic heterocycles. The zero-order valence-corrected chi connectivity index (χ0v) is 8.40. The number of hydrogen-bond acceptors (Lipinski definition) is 2. The Kier molecular flexibility index (Phi) is 3.93. The molecule has 0 unspecified atom stereocenters. The first-order valence-electron chi connectivity index (χ1n) is 4.68. The second-order valence-electron chi connectivity index (χ2n) is 3.49. The molecule has 1 aromatic carbocycles. The van der Waals surface area contributed by atoms with E-state index in [0.717, 1.165) is 6.54 Å². The summed E-state index contributed by atoms with van der Waals surface area (Å²) in [4.78, 5) is 2.26. The van der Waals surface area contributed by atoms with Crippen LogP contribution in [0.4, 0.5) is 0 Å². The molecule has 2 N–H and O–H groups in total. The second kappa shape index (κ2) is 5.00. The molecule has 0 aliphatic carbocycles. The monoisotopic (exact) mass is 178 g/mol. The zero-order valence-electron chi connectivity index (χ0n) is 8.40. The number of likely N-dealkylation sites (N-methyl/N-ethyl adjacent to an activating group) is 1. The summed E-state index contributed by atoms with van der Waals surface area (Å²) in [5.74, 6) is 0. The van der Waals surface area contributed by atoms with Crippen LogP contribution in [0.3, 0.4) is 0 Å². The lowest BCUT2D eigenvalue weighted by Crippen LogP contribution is -2.34. The molecule has 0 heterocycles. The van der Waals surface area contributed by atoms with Gasteiger partial charge in [-0.25, -0.2) is 0 Å². The number of benzene rings is 1. The van der Waals surface area contributed by atoms with Crippen molar-refractivity contribution in [2.75, 3.05) is 13.6 Å². The zero-order chi connectivity index (χ0) is 9.68. The Bertz CT molecular complexity index is 233. The van der Waals surface area contributed by atoms with Gasteiger partial charge >= 0.3 is 0 Å². The van der Waals surface area contributed by atoms with Crippen molar-refractivity contribution in [1.29, 1.82) is 0 Å². The predicted octanol–water partition coefficient (Wildman–Crippen LogP) is 1.47. The number of rotatable bonds is 4. The Hall–Kier alpha value is -0.860. The molecule has 0 fully saturated rings. The molecular formula is C11H18N2. The number of nitrogens with zero attached hydrogens (tertiary/aromatic N) is 1. The van der Waals surface area contributed by atoms with E-state index >= 15 is 0 Å². The van der Waals surface area contributed by atoms with Gasteiger partial charge in [-0.3, -0.25) is 4.90 Å². The van der Waals surface area contributed by atoms with Crippen LogP contribution in [0.15, 0.2) is 30.3 Å². The first-order valence-corrected chi connectivity index (χ1v) is 4.68. The van der Waals surface area contributed by atoms with Gasteiger partial charge < -0.3 is 5.73 Å². The minimum atomic E-state index is 0.445. The van der Waals surface area contributed by atoms with Crippen LogP contribution >= 0.6 is 0 Å². The average Bonchev–Trinajstić information content (AvgIpc) is 2.18. The van der Waals surface area contributed by atoms with E-state index in [4.69, 9.17) is 5.73 Å². The van der Waals surface area contributed by atoms with Gasteiger partial charge in [0.1, 0.15) is 0 Å². The molecule has 1 atom stereocenters. The summed E-state index contributed by atoms with van der Waals surface area (Å²) >= 11 is 0. The summed E-state index contributed by atoms with van der Waals surface area (Å²) in [5.41, 5.74) is 6.92. The first kappa shape index (κ1) is 10.2. The summed E-state index contributed by atoms with van der Waals surface area (Å²) in [5, 5.41) is 0. The van der Waals surface area contributed by atoms with Crippen molar-refractivity contribution >= 4 is 0 Å². The van der Waals surface area contributed by atoms with Crippen molar-refractivity contribution < 1.29 is 0 Å². The van der Waals surface area contributed by atoms with Gasteiger partial charge in [-0.15, -0.1) is 0 Å². The van der Waals surface area contributed by atoms with Gasteiger partial charge in [0.25, 0.3) is 0 Å². The van der Waals surface area contributed by atoms with Crippen LogP contribution in [-0.2, 0) is 6.54 Å². The SMILES string of the molecule is C[C@H](CN)N(C)Cc1ccccc1. The van der Waals surface area contributed by atoms with Gasteiger partial charge in [0.2, 0.25) is 0 Å². The molecule has 0 saturated heterocycles. The third-order valence-corrected chi connectivity index (χ3v) is 2.37. The summed E-state index contributed by atoms with van der Waals surface area (Å²) in [6.07, 6.45) is 0. The Labute approximate surface area is 80.4 Å². The Morgan fingerprint density at radius 2 is 1.92 bits per heavy atom. The molecule has 72 valence electrons. The standard InChI is InChI=1S/C11H18N2/c1-10(8-12)13(2)9-11-6-4-3-5-7-11/h3-7,10H,8-9,12H2,1-2H3/t10-/m1/s1. The molecule has 13 heavy (non-hydrogen) atoms. The van der Waals surface area contributed by atoms with Gasteiger partial charge in [-0.1, -0.05) is 30.3 Å². The fourth-order valence-corrected chi connectivity index (χ4v) is 1.21. The maximum atomic E-state index is 5.58. The lowest BCUT2D eigenvalue weighted by molar-refractivity contribution is 0.255. The molecule has 0 saturated carbocycles. The quantitative estimate of drug-likeness (QED) is 0.756. The molecule has 0 radical (unpaired) electrons. The van der Waals surface area contributed by atoms with E-state index in [1.807, 2.05) is 6.07 Å². The maximum Gasteiger partial charge on any atom is 0.0234 e. The third kappa shape index (κ3) is 3.17. The molecule has 0 aliphatic heterocycles. The fraction of sp³-hybridized carbons (Fsp3) is 0.455. The van der Waals surface area contributed by atoms with E-state index < -0.39 is 0 Å². The normalized spacial score (nSPS) is 13.2. The molecule has 0 amide bonds.